The summed E-state index contributed by atoms with van der Waals surface area (Å²) in [6.45, 7) is 5.38. The second-order valence-corrected chi connectivity index (χ2v) is 8.19. The van der Waals surface area contributed by atoms with Crippen molar-refractivity contribution in [2.75, 3.05) is 43.1 Å². The van der Waals surface area contributed by atoms with Gasteiger partial charge >= 0.3 is 6.09 Å². The zero-order chi connectivity index (χ0) is 20.8. The molecule has 2 bridgehead atoms. The van der Waals surface area contributed by atoms with Gasteiger partial charge in [-0.25, -0.2) is 9.18 Å². The van der Waals surface area contributed by atoms with E-state index in [1.165, 1.54) is 17.9 Å². The van der Waals surface area contributed by atoms with Gasteiger partial charge in [0.05, 0.1) is 30.2 Å². The summed E-state index contributed by atoms with van der Waals surface area (Å²) in [5.41, 5.74) is 1.91. The topological polar surface area (TPSA) is 83.5 Å². The van der Waals surface area contributed by atoms with Crippen LogP contribution in [-0.4, -0.2) is 57.1 Å². The van der Waals surface area contributed by atoms with Crippen LogP contribution in [0.2, 0.25) is 0 Å². The minimum Gasteiger partial charge on any atom is -0.442 e. The van der Waals surface area contributed by atoms with Crippen molar-refractivity contribution in [3.8, 4) is 0 Å². The maximum Gasteiger partial charge on any atom is 0.414 e. The minimum absolute atomic E-state index is 0.0975. The number of anilines is 2. The van der Waals surface area contributed by atoms with Gasteiger partial charge in [-0.3, -0.25) is 9.69 Å². The molecule has 1 N–H and O–H groups in total. The molecular formula is C20H25FN4O4. The van der Waals surface area contributed by atoms with E-state index in [1.54, 1.807) is 19.2 Å². The van der Waals surface area contributed by atoms with Crippen LogP contribution >= 0.6 is 0 Å². The van der Waals surface area contributed by atoms with Crippen LogP contribution in [0.3, 0.4) is 0 Å². The summed E-state index contributed by atoms with van der Waals surface area (Å²) >= 11 is 0. The van der Waals surface area contributed by atoms with Gasteiger partial charge in [-0.15, -0.1) is 0 Å². The number of fused-ring (bicyclic) bond motifs is 2. The number of nitrogens with one attached hydrogen (secondary N) is 1. The molecule has 4 fully saturated rings. The SMILES string of the molecule is CON=C1C2CN(c3ccc(N4C[C@H](CNC(C)=O)OC4=O)cc3F)CC1(C)C2. The van der Waals surface area contributed by atoms with Crippen molar-refractivity contribution in [3.05, 3.63) is 24.0 Å². The van der Waals surface area contributed by atoms with Crippen LogP contribution in [0.25, 0.3) is 0 Å². The van der Waals surface area contributed by atoms with Gasteiger partial charge in [0.1, 0.15) is 19.0 Å². The molecule has 2 amide bonds. The van der Waals surface area contributed by atoms with Crippen molar-refractivity contribution in [1.82, 2.24) is 5.32 Å². The molecular weight excluding hydrogens is 379 g/mol. The Morgan fingerprint density at radius 3 is 2.90 bits per heavy atom. The second-order valence-electron chi connectivity index (χ2n) is 8.19. The fourth-order valence-corrected chi connectivity index (χ4v) is 4.64. The molecule has 1 aliphatic carbocycles. The standard InChI is InChI=1S/C20H25FN4O4/c1-12(26)22-8-15-10-25(19(27)29-15)14-4-5-17(16(21)6-14)24-9-13-7-20(2,11-24)18(13)23-28-3/h4-6,13,15H,7-11H2,1-3H3,(H,22,26)/t13?,15-,20?/m0/s1. The fourth-order valence-electron chi connectivity index (χ4n) is 4.64. The minimum atomic E-state index is -0.542. The Labute approximate surface area is 168 Å². The third kappa shape index (κ3) is 3.49. The molecule has 3 aliphatic heterocycles. The van der Waals surface area contributed by atoms with Gasteiger partial charge < -0.3 is 19.8 Å². The Kier molecular flexibility index (Phi) is 4.84. The lowest BCUT2D eigenvalue weighted by atomic mass is 9.58. The van der Waals surface area contributed by atoms with Crippen molar-refractivity contribution in [2.24, 2.45) is 16.5 Å². The molecule has 2 unspecified atom stereocenters. The van der Waals surface area contributed by atoms with E-state index in [1.807, 2.05) is 4.90 Å². The van der Waals surface area contributed by atoms with Crippen molar-refractivity contribution >= 4 is 29.1 Å². The molecule has 8 nitrogen and oxygen atoms in total. The van der Waals surface area contributed by atoms with Crippen LogP contribution in [-0.2, 0) is 14.4 Å². The summed E-state index contributed by atoms with van der Waals surface area (Å²) in [7, 11) is 1.55. The van der Waals surface area contributed by atoms with Crippen LogP contribution in [0.1, 0.15) is 20.3 Å². The summed E-state index contributed by atoms with van der Waals surface area (Å²) in [6, 6.07) is 4.80. The summed E-state index contributed by atoms with van der Waals surface area (Å²) in [5.74, 6) is -0.298. The second kappa shape index (κ2) is 7.20. The van der Waals surface area contributed by atoms with E-state index in [0.29, 0.717) is 24.5 Å². The number of cyclic esters (lactones) is 1. The monoisotopic (exact) mass is 404 g/mol. The third-order valence-corrected chi connectivity index (χ3v) is 5.91. The average molecular weight is 404 g/mol. The highest BCUT2D eigenvalue weighted by molar-refractivity contribution is 5.99. The van der Waals surface area contributed by atoms with Crippen LogP contribution in [0.15, 0.2) is 23.4 Å². The van der Waals surface area contributed by atoms with Crippen LogP contribution in [0, 0.1) is 17.2 Å². The summed E-state index contributed by atoms with van der Waals surface area (Å²) < 4.78 is 20.2. The number of amides is 2. The number of hydrogen-bond acceptors (Lipinski definition) is 6. The number of benzene rings is 1. The largest absolute Gasteiger partial charge is 0.442 e. The maximum atomic E-state index is 14.9. The summed E-state index contributed by atoms with van der Waals surface area (Å²) in [4.78, 5) is 31.6. The molecule has 3 heterocycles. The van der Waals surface area contributed by atoms with Crippen molar-refractivity contribution in [1.29, 1.82) is 0 Å². The Balaban J connectivity index is 1.46. The van der Waals surface area contributed by atoms with Gasteiger partial charge in [0.2, 0.25) is 5.91 Å². The smallest absolute Gasteiger partial charge is 0.414 e. The Bertz CT molecular complexity index is 876. The van der Waals surface area contributed by atoms with Gasteiger partial charge in [0.15, 0.2) is 0 Å². The van der Waals surface area contributed by atoms with Crippen LogP contribution in [0.5, 0.6) is 0 Å². The van der Waals surface area contributed by atoms with Crippen molar-refractivity contribution < 1.29 is 23.6 Å². The number of piperidine rings is 2. The molecule has 156 valence electrons. The van der Waals surface area contributed by atoms with Crippen LogP contribution < -0.4 is 15.1 Å². The average Bonchev–Trinajstić information content (AvgIpc) is 3.04. The normalized spacial score (nSPS) is 29.5. The molecule has 9 heteroatoms. The highest BCUT2D eigenvalue weighted by atomic mass is 19.1. The van der Waals surface area contributed by atoms with E-state index >= 15 is 0 Å². The van der Waals surface area contributed by atoms with Gasteiger partial charge in [-0.05, 0) is 24.6 Å². The highest BCUT2D eigenvalue weighted by Gasteiger charge is 2.53. The number of oxime groups is 1. The first-order valence-electron chi connectivity index (χ1n) is 9.69. The van der Waals surface area contributed by atoms with Crippen molar-refractivity contribution in [2.45, 2.75) is 26.4 Å². The lowest BCUT2D eigenvalue weighted by Crippen LogP contribution is -2.62. The maximum absolute atomic E-state index is 14.9. The van der Waals surface area contributed by atoms with Gasteiger partial charge in [0.25, 0.3) is 0 Å². The molecule has 0 radical (unpaired) electrons. The number of carbonyl (C=O) groups is 2. The third-order valence-electron chi connectivity index (χ3n) is 5.91. The zero-order valence-electron chi connectivity index (χ0n) is 16.8. The van der Waals surface area contributed by atoms with Crippen molar-refractivity contribution in [3.63, 3.8) is 0 Å². The van der Waals surface area contributed by atoms with Gasteiger partial charge in [-0.1, -0.05) is 12.1 Å². The van der Waals surface area contributed by atoms with Gasteiger partial charge in [0, 0.05) is 31.3 Å². The molecule has 1 aromatic rings. The number of carbonyl (C=O) groups excluding carboxylic acids is 2. The Morgan fingerprint density at radius 2 is 2.24 bits per heavy atom. The predicted molar refractivity (Wildman–Crippen MR) is 106 cm³/mol. The van der Waals surface area contributed by atoms with E-state index in [9.17, 15) is 14.0 Å². The van der Waals surface area contributed by atoms with E-state index in [2.05, 4.69) is 17.4 Å². The summed E-state index contributed by atoms with van der Waals surface area (Å²) in [5, 5.41) is 6.78. The first-order chi connectivity index (χ1) is 13.8. The molecule has 5 rings (SSSR count). The Hall–Kier alpha value is -2.84. The Morgan fingerprint density at radius 1 is 1.45 bits per heavy atom. The molecule has 4 aliphatic rings. The quantitative estimate of drug-likeness (QED) is 0.761. The number of nitrogens with zero attached hydrogens (tertiary/aromatic N) is 3. The molecule has 1 saturated carbocycles. The van der Waals surface area contributed by atoms with Crippen LogP contribution in [0.4, 0.5) is 20.6 Å². The number of hydrogen-bond donors (Lipinski definition) is 1. The number of ether oxygens (including phenoxy) is 1. The first-order valence-corrected chi connectivity index (χ1v) is 9.69. The van der Waals surface area contributed by atoms with E-state index < -0.39 is 12.2 Å². The zero-order valence-corrected chi connectivity index (χ0v) is 16.8. The molecule has 0 aromatic heterocycles. The van der Waals surface area contributed by atoms with E-state index in [4.69, 9.17) is 9.57 Å². The first kappa shape index (κ1) is 19.5. The van der Waals surface area contributed by atoms with E-state index in [0.717, 1.165) is 12.1 Å². The summed E-state index contributed by atoms with van der Waals surface area (Å²) in [6.07, 6.45) is 0.0298. The fraction of sp³-hybridized carbons (Fsp3) is 0.550. The molecule has 1 aromatic carbocycles. The molecule has 3 saturated heterocycles. The molecule has 29 heavy (non-hydrogen) atoms. The lowest BCUT2D eigenvalue weighted by Gasteiger charge is -2.55. The lowest BCUT2D eigenvalue weighted by molar-refractivity contribution is -0.119. The number of halogens is 1. The highest BCUT2D eigenvalue weighted by Crippen LogP contribution is 2.49. The molecule has 0 spiro atoms. The van der Waals surface area contributed by atoms with Gasteiger partial charge in [-0.2, -0.15) is 0 Å². The number of rotatable bonds is 5. The van der Waals surface area contributed by atoms with E-state index in [-0.39, 0.29) is 36.1 Å². The predicted octanol–water partition coefficient (Wildman–Crippen LogP) is 2.14. The molecule has 3 atom stereocenters.